The van der Waals surface area contributed by atoms with Gasteiger partial charge < -0.3 is 10.2 Å². The molecule has 0 spiro atoms. The van der Waals surface area contributed by atoms with Crippen LogP contribution >= 0.6 is 0 Å². The molecule has 0 aliphatic carbocycles. The van der Waals surface area contributed by atoms with Crippen LogP contribution in [0.25, 0.3) is 16.7 Å². The number of aromatic nitrogens is 7. The molecule has 5 rings (SSSR count). The highest BCUT2D eigenvalue weighted by Gasteiger charge is 2.27. The summed E-state index contributed by atoms with van der Waals surface area (Å²) in [7, 11) is 0. The van der Waals surface area contributed by atoms with Gasteiger partial charge in [-0.25, -0.2) is 9.67 Å². The second-order valence-corrected chi connectivity index (χ2v) is 7.04. The summed E-state index contributed by atoms with van der Waals surface area (Å²) in [4.78, 5) is 18.8. The fourth-order valence-electron chi connectivity index (χ4n) is 3.59. The molecule has 10 heteroatoms. The zero-order valence-electron chi connectivity index (χ0n) is 15.6. The molecule has 10 nitrogen and oxygen atoms in total. The third-order valence-electron chi connectivity index (χ3n) is 5.12. The van der Waals surface area contributed by atoms with E-state index in [2.05, 4.69) is 40.7 Å². The van der Waals surface area contributed by atoms with Crippen molar-refractivity contribution in [2.24, 2.45) is 5.92 Å². The van der Waals surface area contributed by atoms with E-state index in [-0.39, 0.29) is 11.8 Å². The van der Waals surface area contributed by atoms with Crippen LogP contribution in [0.2, 0.25) is 0 Å². The smallest absolute Gasteiger partial charge is 0.229 e. The first kappa shape index (κ1) is 17.3. The monoisotopic (exact) mass is 389 g/mol. The lowest BCUT2D eigenvalue weighted by Gasteiger charge is -2.32. The van der Waals surface area contributed by atoms with Crippen molar-refractivity contribution in [3.8, 4) is 5.82 Å². The van der Waals surface area contributed by atoms with Crippen LogP contribution in [0, 0.1) is 5.92 Å². The van der Waals surface area contributed by atoms with Gasteiger partial charge in [-0.1, -0.05) is 0 Å². The highest BCUT2D eigenvalue weighted by Crippen LogP contribution is 2.24. The lowest BCUT2D eigenvalue weighted by atomic mass is 9.97. The molecule has 1 aromatic carbocycles. The molecule has 146 valence electrons. The minimum absolute atomic E-state index is 0.0146. The molecular weight excluding hydrogens is 370 g/mol. The number of aromatic amines is 1. The third-order valence-corrected chi connectivity index (χ3v) is 5.12. The Morgan fingerprint density at radius 2 is 2.07 bits per heavy atom. The molecule has 0 bridgehead atoms. The van der Waals surface area contributed by atoms with Crippen LogP contribution < -0.4 is 10.2 Å². The first-order valence-corrected chi connectivity index (χ1v) is 9.44. The predicted molar refractivity (Wildman–Crippen MR) is 107 cm³/mol. The van der Waals surface area contributed by atoms with Crippen molar-refractivity contribution in [2.75, 3.05) is 23.3 Å². The van der Waals surface area contributed by atoms with Gasteiger partial charge in [0.15, 0.2) is 11.6 Å². The maximum absolute atomic E-state index is 12.8. The summed E-state index contributed by atoms with van der Waals surface area (Å²) in [6.07, 6.45) is 6.55. The number of hydrogen-bond donors (Lipinski definition) is 2. The molecule has 0 saturated carbocycles. The van der Waals surface area contributed by atoms with E-state index >= 15 is 0 Å². The highest BCUT2D eigenvalue weighted by molar-refractivity contribution is 5.95. The van der Waals surface area contributed by atoms with E-state index in [0.29, 0.717) is 12.4 Å². The maximum Gasteiger partial charge on any atom is 0.229 e. The number of H-pyrrole nitrogens is 1. The Morgan fingerprint density at radius 1 is 1.17 bits per heavy atom. The normalized spacial score (nSPS) is 16.8. The highest BCUT2D eigenvalue weighted by atomic mass is 16.1. The van der Waals surface area contributed by atoms with Crippen molar-refractivity contribution in [3.63, 3.8) is 0 Å². The molecule has 1 atom stereocenters. The van der Waals surface area contributed by atoms with Gasteiger partial charge in [0.1, 0.15) is 12.7 Å². The van der Waals surface area contributed by atoms with Gasteiger partial charge in [0.2, 0.25) is 5.91 Å². The maximum atomic E-state index is 12.8. The van der Waals surface area contributed by atoms with E-state index in [9.17, 15) is 4.79 Å². The van der Waals surface area contributed by atoms with Gasteiger partial charge >= 0.3 is 0 Å². The van der Waals surface area contributed by atoms with E-state index in [0.717, 1.165) is 41.8 Å². The number of hydrogen-bond acceptors (Lipinski definition) is 7. The number of carbonyl (C=O) groups is 1. The minimum Gasteiger partial charge on any atom is -0.354 e. The zero-order valence-corrected chi connectivity index (χ0v) is 15.6. The summed E-state index contributed by atoms with van der Waals surface area (Å²) in [6, 6.07) is 9.48. The van der Waals surface area contributed by atoms with Crippen molar-refractivity contribution >= 4 is 28.3 Å². The molecule has 4 aromatic rings. The molecule has 1 aliphatic rings. The number of rotatable bonds is 4. The Kier molecular flexibility index (Phi) is 4.35. The van der Waals surface area contributed by atoms with Crippen LogP contribution in [-0.2, 0) is 4.79 Å². The number of amides is 1. The van der Waals surface area contributed by atoms with Crippen molar-refractivity contribution < 1.29 is 4.79 Å². The Balaban J connectivity index is 1.26. The lowest BCUT2D eigenvalue weighted by molar-refractivity contribution is -0.120. The number of piperidine rings is 1. The van der Waals surface area contributed by atoms with Gasteiger partial charge in [0, 0.05) is 24.2 Å². The number of benzene rings is 1. The van der Waals surface area contributed by atoms with Crippen LogP contribution in [0.1, 0.15) is 12.8 Å². The Labute approximate surface area is 166 Å². The molecule has 29 heavy (non-hydrogen) atoms. The SMILES string of the molecule is O=C(Nc1ccc2cn[nH]c2c1)C1CCCN(c2ccc(-n3cncn3)nn2)C1. The van der Waals surface area contributed by atoms with Gasteiger partial charge in [-0.3, -0.25) is 9.89 Å². The van der Waals surface area contributed by atoms with Crippen LogP contribution in [0.3, 0.4) is 0 Å². The Bertz CT molecular complexity index is 1120. The topological polar surface area (TPSA) is 118 Å². The fourth-order valence-corrected chi connectivity index (χ4v) is 3.59. The first-order chi connectivity index (χ1) is 14.3. The zero-order chi connectivity index (χ0) is 19.6. The largest absolute Gasteiger partial charge is 0.354 e. The van der Waals surface area contributed by atoms with Crippen molar-refractivity contribution in [1.82, 2.24) is 35.2 Å². The number of nitrogens with zero attached hydrogens (tertiary/aromatic N) is 7. The molecule has 2 N–H and O–H groups in total. The van der Waals surface area contributed by atoms with Gasteiger partial charge in [0.05, 0.1) is 17.6 Å². The summed E-state index contributed by atoms with van der Waals surface area (Å²) >= 11 is 0. The molecule has 1 fully saturated rings. The van der Waals surface area contributed by atoms with Gasteiger partial charge in [-0.2, -0.15) is 10.2 Å². The van der Waals surface area contributed by atoms with Gasteiger partial charge in [0.25, 0.3) is 0 Å². The second-order valence-electron chi connectivity index (χ2n) is 7.04. The molecule has 1 amide bonds. The number of fused-ring (bicyclic) bond motifs is 1. The average Bonchev–Trinajstić information content (AvgIpc) is 3.46. The van der Waals surface area contributed by atoms with Crippen LogP contribution in [0.4, 0.5) is 11.5 Å². The Morgan fingerprint density at radius 3 is 2.90 bits per heavy atom. The van der Waals surface area contributed by atoms with Crippen molar-refractivity contribution in [3.05, 3.63) is 49.2 Å². The molecule has 3 aromatic heterocycles. The van der Waals surface area contributed by atoms with Crippen LogP contribution in [-0.4, -0.2) is 54.2 Å². The van der Waals surface area contributed by atoms with Crippen molar-refractivity contribution in [1.29, 1.82) is 0 Å². The summed E-state index contributed by atoms with van der Waals surface area (Å²) in [5.74, 6) is 1.26. The molecule has 1 saturated heterocycles. The van der Waals surface area contributed by atoms with Gasteiger partial charge in [-0.15, -0.1) is 10.2 Å². The first-order valence-electron chi connectivity index (χ1n) is 9.44. The average molecular weight is 389 g/mol. The van der Waals surface area contributed by atoms with Gasteiger partial charge in [-0.05, 0) is 43.2 Å². The quantitative estimate of drug-likeness (QED) is 0.546. The summed E-state index contributed by atoms with van der Waals surface area (Å²) in [6.45, 7) is 1.46. The Hall–Kier alpha value is -3.82. The van der Waals surface area contributed by atoms with E-state index in [1.807, 2.05) is 30.3 Å². The van der Waals surface area contributed by atoms with Crippen LogP contribution in [0.5, 0.6) is 0 Å². The second kappa shape index (κ2) is 7.30. The molecule has 1 unspecified atom stereocenters. The molecular formula is C19H19N9O. The van der Waals surface area contributed by atoms with Crippen LogP contribution in [0.15, 0.2) is 49.2 Å². The van der Waals surface area contributed by atoms with E-state index in [1.54, 1.807) is 17.2 Å². The molecule has 4 heterocycles. The number of anilines is 2. The fraction of sp³-hybridized carbons (Fsp3) is 0.263. The lowest BCUT2D eigenvalue weighted by Crippen LogP contribution is -2.41. The standard InChI is InChI=1S/C19H19N9O/c29-19(23-15-4-3-13-9-21-24-16(13)8-15)14-2-1-7-27(10-14)17-5-6-18(26-25-17)28-12-20-11-22-28/h3-6,8-9,11-12,14H,1-2,7,10H2,(H,21,24)(H,23,29). The van der Waals surface area contributed by atoms with E-state index in [1.165, 1.54) is 6.33 Å². The number of carbonyl (C=O) groups excluding carboxylic acids is 1. The predicted octanol–water partition coefficient (Wildman–Crippen LogP) is 1.79. The van der Waals surface area contributed by atoms with E-state index in [4.69, 9.17) is 0 Å². The minimum atomic E-state index is -0.113. The number of nitrogens with one attached hydrogen (secondary N) is 2. The molecule has 0 radical (unpaired) electrons. The summed E-state index contributed by atoms with van der Waals surface area (Å²) in [5, 5.41) is 23.5. The van der Waals surface area contributed by atoms with E-state index < -0.39 is 0 Å². The summed E-state index contributed by atoms with van der Waals surface area (Å²) in [5.41, 5.74) is 1.66. The van der Waals surface area contributed by atoms with Crippen molar-refractivity contribution in [2.45, 2.75) is 12.8 Å². The molecule has 1 aliphatic heterocycles. The third kappa shape index (κ3) is 3.51. The summed E-state index contributed by atoms with van der Waals surface area (Å²) < 4.78 is 1.56.